The lowest BCUT2D eigenvalue weighted by atomic mass is 10.2. The fraction of sp³-hybridized carbons (Fsp3) is 0.417. The molecule has 0 aliphatic carbocycles. The molecule has 0 bridgehead atoms. The molecule has 1 amide bonds. The Morgan fingerprint density at radius 2 is 2.35 bits per heavy atom. The summed E-state index contributed by atoms with van der Waals surface area (Å²) in [5.41, 5.74) is 0.856. The van der Waals surface area contributed by atoms with E-state index in [4.69, 9.17) is 9.84 Å². The van der Waals surface area contributed by atoms with Crippen LogP contribution in [0.15, 0.2) is 29.2 Å². The van der Waals surface area contributed by atoms with Crippen molar-refractivity contribution < 1.29 is 14.6 Å². The van der Waals surface area contributed by atoms with Crippen molar-refractivity contribution in [3.8, 4) is 0 Å². The molecule has 0 aliphatic rings. The number of thioether (sulfide) groups is 1. The van der Waals surface area contributed by atoms with Gasteiger partial charge in [-0.2, -0.15) is 0 Å². The molecule has 94 valence electrons. The van der Waals surface area contributed by atoms with Crippen LogP contribution >= 0.6 is 11.8 Å². The van der Waals surface area contributed by atoms with E-state index in [9.17, 15) is 4.79 Å². The Morgan fingerprint density at radius 1 is 1.53 bits per heavy atom. The quantitative estimate of drug-likeness (QED) is 0.564. The van der Waals surface area contributed by atoms with Gasteiger partial charge in [0.2, 0.25) is 5.91 Å². The zero-order valence-corrected chi connectivity index (χ0v) is 10.6. The van der Waals surface area contributed by atoms with Crippen molar-refractivity contribution in [1.29, 1.82) is 0 Å². The molecule has 0 fully saturated rings. The molecule has 1 rings (SSSR count). The second-order valence-electron chi connectivity index (χ2n) is 3.44. The molecule has 0 aromatic heterocycles. The average molecular weight is 255 g/mol. The lowest BCUT2D eigenvalue weighted by molar-refractivity contribution is -0.118. The van der Waals surface area contributed by atoms with E-state index in [1.165, 1.54) is 11.8 Å². The zero-order valence-electron chi connectivity index (χ0n) is 9.81. The summed E-state index contributed by atoms with van der Waals surface area (Å²) in [5.74, 6) is 0.361. The fourth-order valence-electron chi connectivity index (χ4n) is 1.23. The van der Waals surface area contributed by atoms with Crippen molar-refractivity contribution in [3.63, 3.8) is 0 Å². The number of amides is 1. The van der Waals surface area contributed by atoms with Crippen LogP contribution < -0.4 is 5.32 Å². The summed E-state index contributed by atoms with van der Waals surface area (Å²) >= 11 is 1.45. The molecule has 1 aromatic carbocycles. The maximum Gasteiger partial charge on any atom is 0.230 e. The average Bonchev–Trinajstić information content (AvgIpc) is 2.37. The van der Waals surface area contributed by atoms with Gasteiger partial charge in [0.1, 0.15) is 0 Å². The van der Waals surface area contributed by atoms with Gasteiger partial charge in [-0.25, -0.2) is 0 Å². The summed E-state index contributed by atoms with van der Waals surface area (Å²) in [4.78, 5) is 12.4. The van der Waals surface area contributed by atoms with Crippen molar-refractivity contribution in [1.82, 2.24) is 5.32 Å². The highest BCUT2D eigenvalue weighted by Crippen LogP contribution is 2.18. The molecular weight excluding hydrogens is 238 g/mol. The summed E-state index contributed by atoms with van der Waals surface area (Å²) < 4.78 is 4.84. The number of methoxy groups -OCH3 is 1. The monoisotopic (exact) mass is 255 g/mol. The topological polar surface area (TPSA) is 58.6 Å². The van der Waals surface area contributed by atoms with Crippen molar-refractivity contribution in [2.75, 3.05) is 26.0 Å². The Morgan fingerprint density at radius 3 is 3.06 bits per heavy atom. The molecule has 1 aromatic rings. The highest BCUT2D eigenvalue weighted by atomic mass is 32.2. The standard InChI is InChI=1S/C12H17NO3S/c1-16-6-5-13-12(15)9-17-11-4-2-3-10(7-11)8-14/h2-4,7,14H,5-6,8-9H2,1H3,(H,13,15). The predicted octanol–water partition coefficient (Wildman–Crippen LogP) is 1.03. The van der Waals surface area contributed by atoms with Gasteiger partial charge in [-0.05, 0) is 17.7 Å². The van der Waals surface area contributed by atoms with Crippen LogP contribution in [0.5, 0.6) is 0 Å². The fourth-order valence-corrected chi connectivity index (χ4v) is 2.04. The molecule has 0 heterocycles. The third-order valence-corrected chi connectivity index (χ3v) is 3.07. The number of benzene rings is 1. The van der Waals surface area contributed by atoms with Gasteiger partial charge >= 0.3 is 0 Å². The van der Waals surface area contributed by atoms with Crippen LogP contribution in [0, 0.1) is 0 Å². The van der Waals surface area contributed by atoms with Crippen LogP contribution in [0.1, 0.15) is 5.56 Å². The summed E-state index contributed by atoms with van der Waals surface area (Å²) in [6.45, 7) is 1.08. The first-order valence-electron chi connectivity index (χ1n) is 5.34. The smallest absolute Gasteiger partial charge is 0.230 e. The van der Waals surface area contributed by atoms with E-state index >= 15 is 0 Å². The lowest BCUT2D eigenvalue weighted by Crippen LogP contribution is -2.28. The maximum absolute atomic E-state index is 11.4. The number of ether oxygens (including phenoxy) is 1. The van der Waals surface area contributed by atoms with Crippen LogP contribution in [-0.2, 0) is 16.1 Å². The first-order valence-corrected chi connectivity index (χ1v) is 6.33. The molecule has 0 saturated carbocycles. The van der Waals surface area contributed by atoms with Crippen LogP contribution in [0.4, 0.5) is 0 Å². The molecule has 0 radical (unpaired) electrons. The third-order valence-electron chi connectivity index (χ3n) is 2.08. The summed E-state index contributed by atoms with van der Waals surface area (Å²) in [7, 11) is 1.60. The van der Waals surface area contributed by atoms with Crippen LogP contribution in [0.25, 0.3) is 0 Å². The number of rotatable bonds is 7. The highest BCUT2D eigenvalue weighted by Gasteiger charge is 2.02. The number of aliphatic hydroxyl groups excluding tert-OH is 1. The number of carbonyl (C=O) groups excluding carboxylic acids is 1. The Hall–Kier alpha value is -1.04. The van der Waals surface area contributed by atoms with Crippen molar-refractivity contribution in [2.24, 2.45) is 0 Å². The number of carbonyl (C=O) groups is 1. The number of hydrogen-bond donors (Lipinski definition) is 2. The molecule has 4 nitrogen and oxygen atoms in total. The molecule has 0 unspecified atom stereocenters. The SMILES string of the molecule is COCCNC(=O)CSc1cccc(CO)c1. The van der Waals surface area contributed by atoms with Gasteiger partial charge in [0.15, 0.2) is 0 Å². The Balaban J connectivity index is 2.31. The maximum atomic E-state index is 11.4. The molecular formula is C12H17NO3S. The van der Waals surface area contributed by atoms with Gasteiger partial charge in [-0.1, -0.05) is 12.1 Å². The van der Waals surface area contributed by atoms with Crippen LogP contribution in [-0.4, -0.2) is 37.0 Å². The van der Waals surface area contributed by atoms with Gasteiger partial charge < -0.3 is 15.2 Å². The van der Waals surface area contributed by atoms with E-state index in [0.717, 1.165) is 10.5 Å². The van der Waals surface area contributed by atoms with Gasteiger partial charge in [-0.15, -0.1) is 11.8 Å². The van der Waals surface area contributed by atoms with Crippen LogP contribution in [0.2, 0.25) is 0 Å². The molecule has 2 N–H and O–H groups in total. The second-order valence-corrected chi connectivity index (χ2v) is 4.49. The predicted molar refractivity (Wildman–Crippen MR) is 68.0 cm³/mol. The van der Waals surface area contributed by atoms with Crippen molar-refractivity contribution in [2.45, 2.75) is 11.5 Å². The van der Waals surface area contributed by atoms with E-state index in [1.54, 1.807) is 7.11 Å². The Bertz CT molecular complexity index is 357. The van der Waals surface area contributed by atoms with Gasteiger partial charge in [-0.3, -0.25) is 4.79 Å². The van der Waals surface area contributed by atoms with Crippen molar-refractivity contribution >= 4 is 17.7 Å². The van der Waals surface area contributed by atoms with Gasteiger partial charge in [0.05, 0.1) is 19.0 Å². The second kappa shape index (κ2) is 8.11. The molecule has 0 spiro atoms. The Labute approximate surface area is 105 Å². The van der Waals surface area contributed by atoms with E-state index in [-0.39, 0.29) is 12.5 Å². The molecule has 5 heteroatoms. The third kappa shape index (κ3) is 5.72. The minimum absolute atomic E-state index is 0.0125. The highest BCUT2D eigenvalue weighted by molar-refractivity contribution is 8.00. The molecule has 0 aliphatic heterocycles. The first kappa shape index (κ1) is 14.0. The minimum Gasteiger partial charge on any atom is -0.392 e. The van der Waals surface area contributed by atoms with E-state index in [1.807, 2.05) is 24.3 Å². The number of aliphatic hydroxyl groups is 1. The minimum atomic E-state index is -0.0125. The molecule has 0 saturated heterocycles. The van der Waals surface area contributed by atoms with Crippen LogP contribution in [0.3, 0.4) is 0 Å². The summed E-state index contributed by atoms with van der Waals surface area (Å²) in [6.07, 6.45) is 0. The summed E-state index contributed by atoms with van der Waals surface area (Å²) in [5, 5.41) is 11.7. The zero-order chi connectivity index (χ0) is 12.5. The number of nitrogens with one attached hydrogen (secondary N) is 1. The normalized spacial score (nSPS) is 10.2. The van der Waals surface area contributed by atoms with Gasteiger partial charge in [0.25, 0.3) is 0 Å². The van der Waals surface area contributed by atoms with E-state index in [0.29, 0.717) is 18.9 Å². The van der Waals surface area contributed by atoms with E-state index < -0.39 is 0 Å². The summed E-state index contributed by atoms with van der Waals surface area (Å²) in [6, 6.07) is 7.53. The Kier molecular flexibility index (Phi) is 6.69. The molecule has 17 heavy (non-hydrogen) atoms. The largest absolute Gasteiger partial charge is 0.392 e. The number of hydrogen-bond acceptors (Lipinski definition) is 4. The van der Waals surface area contributed by atoms with Gasteiger partial charge in [0, 0.05) is 18.6 Å². The van der Waals surface area contributed by atoms with E-state index in [2.05, 4.69) is 5.32 Å². The lowest BCUT2D eigenvalue weighted by Gasteiger charge is -2.05. The first-order chi connectivity index (χ1) is 8.26. The molecule has 0 atom stereocenters. The van der Waals surface area contributed by atoms with Crippen molar-refractivity contribution in [3.05, 3.63) is 29.8 Å².